The van der Waals surface area contributed by atoms with Crippen LogP contribution in [0.2, 0.25) is 0 Å². The number of hydrogen-bond acceptors (Lipinski definition) is 2. The third kappa shape index (κ3) is 1.47. The largest absolute Gasteiger partial charge is 0.431 e. The topological polar surface area (TPSA) is 28.0 Å². The molecule has 0 saturated carbocycles. The first-order valence-corrected chi connectivity index (χ1v) is 3.08. The summed E-state index contributed by atoms with van der Waals surface area (Å²) in [7, 11) is 1.21. The third-order valence-electron chi connectivity index (χ3n) is 1.21. The van der Waals surface area contributed by atoms with Crippen molar-refractivity contribution in [3.8, 4) is 0 Å². The van der Waals surface area contributed by atoms with Gasteiger partial charge >= 0.3 is 6.18 Å². The van der Waals surface area contributed by atoms with Crippen LogP contribution in [0, 0.1) is 0 Å². The van der Waals surface area contributed by atoms with E-state index in [-0.39, 0.29) is 5.11 Å². The molecule has 1 rings (SSSR count). The van der Waals surface area contributed by atoms with Gasteiger partial charge in [0.2, 0.25) is 11.3 Å². The molecule has 1 aliphatic rings. The minimum Gasteiger partial charge on any atom is -0.318 e. The van der Waals surface area contributed by atoms with Gasteiger partial charge in [-0.25, -0.2) is 0 Å². The first-order valence-electron chi connectivity index (χ1n) is 2.67. The average Bonchev–Trinajstić information content (AvgIpc) is 2.11. The van der Waals surface area contributed by atoms with E-state index in [1.54, 1.807) is 0 Å². The van der Waals surface area contributed by atoms with E-state index < -0.39 is 12.3 Å². The van der Waals surface area contributed by atoms with Crippen molar-refractivity contribution in [2.24, 2.45) is 10.2 Å². The fourth-order valence-electron chi connectivity index (χ4n) is 0.642. The van der Waals surface area contributed by atoms with Gasteiger partial charge in [0.1, 0.15) is 0 Å². The van der Waals surface area contributed by atoms with E-state index in [1.807, 2.05) is 0 Å². The number of azo groups is 1. The lowest BCUT2D eigenvalue weighted by Crippen LogP contribution is -2.40. The summed E-state index contributed by atoms with van der Waals surface area (Å²) in [6.45, 7) is 0. The van der Waals surface area contributed by atoms with Crippen LogP contribution in [0.1, 0.15) is 0 Å². The Labute approximate surface area is 65.9 Å². The lowest BCUT2D eigenvalue weighted by molar-refractivity contribution is -0.166. The molecule has 0 aliphatic carbocycles. The molecule has 7 heteroatoms. The van der Waals surface area contributed by atoms with E-state index in [2.05, 4.69) is 22.4 Å². The van der Waals surface area contributed by atoms with Crippen molar-refractivity contribution in [3.05, 3.63) is 0 Å². The van der Waals surface area contributed by atoms with E-state index in [0.717, 1.165) is 4.90 Å². The van der Waals surface area contributed by atoms with Crippen LogP contribution in [-0.2, 0) is 0 Å². The molecule has 0 radical (unpaired) electrons. The monoisotopic (exact) mass is 183 g/mol. The van der Waals surface area contributed by atoms with Crippen LogP contribution < -0.4 is 0 Å². The summed E-state index contributed by atoms with van der Waals surface area (Å²) >= 11 is 4.45. The Morgan fingerprint density at radius 2 is 2.09 bits per heavy atom. The standard InChI is InChI=1S/C4H4F3N3S/c1-10-2(4(5,6)7)8-9-3(10)11/h2H,1H3. The number of nitrogens with zero attached hydrogens (tertiary/aromatic N) is 3. The Balaban J connectivity index is 2.78. The van der Waals surface area contributed by atoms with E-state index >= 15 is 0 Å². The minimum atomic E-state index is -4.39. The maximum Gasteiger partial charge on any atom is 0.431 e. The van der Waals surface area contributed by atoms with Crippen molar-refractivity contribution in [3.63, 3.8) is 0 Å². The van der Waals surface area contributed by atoms with Gasteiger partial charge in [0, 0.05) is 7.05 Å². The first-order chi connectivity index (χ1) is 4.93. The van der Waals surface area contributed by atoms with E-state index in [9.17, 15) is 13.2 Å². The highest BCUT2D eigenvalue weighted by Gasteiger charge is 2.46. The predicted molar refractivity (Wildman–Crippen MR) is 35.1 cm³/mol. The zero-order valence-corrected chi connectivity index (χ0v) is 6.28. The molecule has 1 heterocycles. The first kappa shape index (κ1) is 8.38. The highest BCUT2D eigenvalue weighted by molar-refractivity contribution is 7.80. The summed E-state index contributed by atoms with van der Waals surface area (Å²) < 4.78 is 35.8. The summed E-state index contributed by atoms with van der Waals surface area (Å²) in [5, 5.41) is 5.95. The van der Waals surface area contributed by atoms with E-state index in [1.165, 1.54) is 7.05 Å². The molecule has 1 atom stereocenters. The number of thiocarbonyl (C=S) groups is 1. The SMILES string of the molecule is CN1C(=S)N=NC1C(F)(F)F. The minimum absolute atomic E-state index is 0.132. The number of halogens is 3. The fourth-order valence-corrected chi connectivity index (χ4v) is 0.789. The summed E-state index contributed by atoms with van der Waals surface area (Å²) in [6.07, 6.45) is -6.28. The van der Waals surface area contributed by atoms with Crippen molar-refractivity contribution >= 4 is 17.3 Å². The van der Waals surface area contributed by atoms with Gasteiger partial charge in [-0.15, -0.1) is 5.11 Å². The van der Waals surface area contributed by atoms with Crippen LogP contribution in [0.5, 0.6) is 0 Å². The molecular formula is C4H4F3N3S. The molecular weight excluding hydrogens is 179 g/mol. The van der Waals surface area contributed by atoms with Crippen LogP contribution in [-0.4, -0.2) is 29.4 Å². The third-order valence-corrected chi connectivity index (χ3v) is 1.58. The second-order valence-corrected chi connectivity index (χ2v) is 2.39. The summed E-state index contributed by atoms with van der Waals surface area (Å²) in [6, 6.07) is 0. The summed E-state index contributed by atoms with van der Waals surface area (Å²) in [4.78, 5) is 0.801. The van der Waals surface area contributed by atoms with Gasteiger partial charge in [0.25, 0.3) is 0 Å². The predicted octanol–water partition coefficient (Wildman–Crippen LogP) is 1.56. The Bertz CT molecular complexity index is 211. The second-order valence-electron chi connectivity index (χ2n) is 2.02. The fraction of sp³-hybridized carbons (Fsp3) is 0.750. The van der Waals surface area contributed by atoms with Crippen molar-refractivity contribution in [1.29, 1.82) is 0 Å². The van der Waals surface area contributed by atoms with Gasteiger partial charge in [-0.2, -0.15) is 18.3 Å². The number of hydrogen-bond donors (Lipinski definition) is 0. The van der Waals surface area contributed by atoms with Crippen molar-refractivity contribution < 1.29 is 13.2 Å². The van der Waals surface area contributed by atoms with Crippen LogP contribution in [0.3, 0.4) is 0 Å². The van der Waals surface area contributed by atoms with E-state index in [4.69, 9.17) is 0 Å². The van der Waals surface area contributed by atoms with Crippen molar-refractivity contribution in [1.82, 2.24) is 4.90 Å². The molecule has 0 fully saturated rings. The highest BCUT2D eigenvalue weighted by atomic mass is 32.1. The Hall–Kier alpha value is -0.720. The molecule has 1 aliphatic heterocycles. The Morgan fingerprint density at radius 3 is 2.27 bits per heavy atom. The van der Waals surface area contributed by atoms with Crippen molar-refractivity contribution in [2.75, 3.05) is 7.05 Å². The quantitative estimate of drug-likeness (QED) is 0.533. The lowest BCUT2D eigenvalue weighted by atomic mass is 10.5. The highest BCUT2D eigenvalue weighted by Crippen LogP contribution is 2.28. The van der Waals surface area contributed by atoms with Gasteiger partial charge in [0.05, 0.1) is 0 Å². The molecule has 0 aromatic rings. The van der Waals surface area contributed by atoms with Gasteiger partial charge in [0.15, 0.2) is 0 Å². The molecule has 0 spiro atoms. The van der Waals surface area contributed by atoms with Crippen LogP contribution in [0.4, 0.5) is 13.2 Å². The zero-order valence-electron chi connectivity index (χ0n) is 5.46. The van der Waals surface area contributed by atoms with Crippen LogP contribution in [0.15, 0.2) is 10.2 Å². The molecule has 62 valence electrons. The average molecular weight is 183 g/mol. The summed E-state index contributed by atoms with van der Waals surface area (Å²) in [5.74, 6) is 0. The molecule has 0 saturated heterocycles. The molecule has 1 unspecified atom stereocenters. The molecule has 0 aromatic carbocycles. The van der Waals surface area contributed by atoms with Gasteiger partial charge < -0.3 is 4.90 Å². The van der Waals surface area contributed by atoms with Crippen molar-refractivity contribution in [2.45, 2.75) is 12.3 Å². The molecule has 0 N–H and O–H groups in total. The zero-order chi connectivity index (χ0) is 8.65. The van der Waals surface area contributed by atoms with Gasteiger partial charge in [-0.05, 0) is 12.2 Å². The molecule has 11 heavy (non-hydrogen) atoms. The Morgan fingerprint density at radius 1 is 1.55 bits per heavy atom. The second kappa shape index (κ2) is 2.40. The van der Waals surface area contributed by atoms with Gasteiger partial charge in [-0.1, -0.05) is 0 Å². The Kier molecular flexibility index (Phi) is 1.83. The smallest absolute Gasteiger partial charge is 0.318 e. The molecule has 0 amide bonds. The summed E-state index contributed by atoms with van der Waals surface area (Å²) in [5.41, 5.74) is 0. The number of alkyl halides is 3. The molecule has 0 aromatic heterocycles. The van der Waals surface area contributed by atoms with Gasteiger partial charge in [-0.3, -0.25) is 0 Å². The maximum atomic E-state index is 11.9. The molecule has 0 bridgehead atoms. The maximum absolute atomic E-state index is 11.9. The van der Waals surface area contributed by atoms with E-state index in [0.29, 0.717) is 0 Å². The van der Waals surface area contributed by atoms with Crippen LogP contribution in [0.25, 0.3) is 0 Å². The molecule has 3 nitrogen and oxygen atoms in total. The van der Waals surface area contributed by atoms with Crippen LogP contribution >= 0.6 is 12.2 Å². The lowest BCUT2D eigenvalue weighted by Gasteiger charge is -2.19. The normalized spacial score (nSPS) is 24.9. The number of rotatable bonds is 0.